The molecule has 0 bridgehead atoms. The first-order chi connectivity index (χ1) is 14.3. The minimum Gasteiger partial charge on any atom is -0.192 e. The van der Waals surface area contributed by atoms with Gasteiger partial charge in [-0.1, -0.05) is 12.7 Å². The molecular formula is C15H7F17N+. The molecule has 1 rings (SSSR count). The van der Waals surface area contributed by atoms with Gasteiger partial charge in [0.2, 0.25) is 0 Å². The van der Waals surface area contributed by atoms with Gasteiger partial charge in [-0.25, -0.2) is 0 Å². The molecular weight excluding hydrogens is 517 g/mol. The zero-order valence-electron chi connectivity index (χ0n) is 15.0. The second-order valence-electron chi connectivity index (χ2n) is 6.23. The summed E-state index contributed by atoms with van der Waals surface area (Å²) in [6, 6.07) is -5.78. The van der Waals surface area contributed by atoms with E-state index in [0.717, 1.165) is 6.08 Å². The Morgan fingerprint density at radius 2 is 0.818 bits per heavy atom. The predicted molar refractivity (Wildman–Crippen MR) is 72.7 cm³/mol. The van der Waals surface area contributed by atoms with Gasteiger partial charge in [-0.05, 0) is 5.56 Å². The van der Waals surface area contributed by atoms with E-state index in [4.69, 9.17) is 0 Å². The largest absolute Gasteiger partial charge is 0.534 e. The summed E-state index contributed by atoms with van der Waals surface area (Å²) in [5.41, 5.74) is -0.164. The summed E-state index contributed by atoms with van der Waals surface area (Å²) in [6.07, 6.45) is -7.29. The molecule has 0 atom stereocenters. The summed E-state index contributed by atoms with van der Waals surface area (Å²) in [6.45, 7) is 3.07. The van der Waals surface area contributed by atoms with Crippen LogP contribution in [0.2, 0.25) is 0 Å². The van der Waals surface area contributed by atoms with Crippen molar-refractivity contribution in [2.75, 3.05) is 0 Å². The van der Waals surface area contributed by atoms with Gasteiger partial charge in [0.15, 0.2) is 12.4 Å². The summed E-state index contributed by atoms with van der Waals surface area (Å²) in [5, 5.41) is 0. The molecule has 0 fully saturated rings. The molecule has 0 aliphatic heterocycles. The Kier molecular flexibility index (Phi) is 6.63. The Morgan fingerprint density at radius 3 is 1.12 bits per heavy atom. The maximum Gasteiger partial charge on any atom is 0.534 e. The van der Waals surface area contributed by atoms with Crippen molar-refractivity contribution < 1.29 is 79.2 Å². The van der Waals surface area contributed by atoms with Crippen molar-refractivity contribution in [3.8, 4) is 0 Å². The van der Waals surface area contributed by atoms with E-state index in [9.17, 15) is 74.6 Å². The van der Waals surface area contributed by atoms with Crippen molar-refractivity contribution in [1.82, 2.24) is 0 Å². The first-order valence-electron chi connectivity index (χ1n) is 7.64. The Hall–Kier alpha value is -2.30. The topological polar surface area (TPSA) is 3.88 Å². The second-order valence-corrected chi connectivity index (χ2v) is 6.23. The quantitative estimate of drug-likeness (QED) is 0.269. The van der Waals surface area contributed by atoms with Gasteiger partial charge in [0.1, 0.15) is 0 Å². The van der Waals surface area contributed by atoms with Crippen LogP contribution in [0.5, 0.6) is 0 Å². The van der Waals surface area contributed by atoms with Crippen LogP contribution < -0.4 is 4.57 Å². The number of rotatable bonds is 8. The van der Waals surface area contributed by atoms with Crippen molar-refractivity contribution in [3.05, 3.63) is 36.7 Å². The molecule has 0 spiro atoms. The van der Waals surface area contributed by atoms with Gasteiger partial charge in [0.05, 0.1) is 0 Å². The first-order valence-corrected chi connectivity index (χ1v) is 7.64. The second kappa shape index (κ2) is 7.61. The van der Waals surface area contributed by atoms with Crippen LogP contribution >= 0.6 is 0 Å². The molecule has 18 heteroatoms. The SMILES string of the molecule is C=Cc1cc[n+](C(F)(F)C(F)(F)C(F)(F)C(F)(F)C(F)(F)C(F)(F)C(F)(F)C(F)(F)F)cc1. The Bertz CT molecular complexity index is 865. The highest BCUT2D eigenvalue weighted by atomic mass is 19.4. The molecule has 1 nitrogen and oxygen atoms in total. The number of halogens is 17. The van der Waals surface area contributed by atoms with Crippen LogP contribution in [0.1, 0.15) is 5.56 Å². The summed E-state index contributed by atoms with van der Waals surface area (Å²) in [7, 11) is 0. The molecule has 0 amide bonds. The lowest BCUT2D eigenvalue weighted by Crippen LogP contribution is -2.76. The molecule has 0 saturated heterocycles. The van der Waals surface area contributed by atoms with Crippen molar-refractivity contribution in [2.45, 2.75) is 47.8 Å². The summed E-state index contributed by atoms with van der Waals surface area (Å²) < 4.78 is 223. The standard InChI is InChI=1S/C15H7F17N/c1-2-7-3-5-33(6-4-7)15(31,32)13(26,27)11(22,23)9(18,19)8(16,17)10(20,21)12(24,25)14(28,29)30/h2-6H,1H2/q+1. The average Bonchev–Trinajstić information content (AvgIpc) is 2.66. The van der Waals surface area contributed by atoms with Gasteiger partial charge in [-0.15, -0.1) is 13.3 Å². The van der Waals surface area contributed by atoms with E-state index in [-0.39, 0.29) is 18.0 Å². The van der Waals surface area contributed by atoms with Crippen LogP contribution in [-0.2, 0) is 6.05 Å². The maximum atomic E-state index is 13.9. The zero-order chi connectivity index (χ0) is 26.7. The lowest BCUT2D eigenvalue weighted by molar-refractivity contribution is -0.849. The normalized spacial score (nSPS) is 15.5. The molecule has 0 aromatic carbocycles. The molecule has 0 aliphatic rings. The zero-order valence-corrected chi connectivity index (χ0v) is 15.0. The molecule has 1 aromatic heterocycles. The Labute approximate surface area is 171 Å². The van der Waals surface area contributed by atoms with Crippen LogP contribution in [0.4, 0.5) is 74.6 Å². The minimum atomic E-state index is -8.64. The number of hydrogen-bond acceptors (Lipinski definition) is 0. The molecule has 0 unspecified atom stereocenters. The van der Waals surface area contributed by atoms with Gasteiger partial charge in [-0.3, -0.25) is 0 Å². The summed E-state index contributed by atoms with van der Waals surface area (Å²) >= 11 is 0. The van der Waals surface area contributed by atoms with E-state index in [2.05, 4.69) is 6.58 Å². The third kappa shape index (κ3) is 3.68. The number of aromatic nitrogens is 1. The Morgan fingerprint density at radius 1 is 0.515 bits per heavy atom. The van der Waals surface area contributed by atoms with E-state index >= 15 is 0 Å². The van der Waals surface area contributed by atoms with Crippen LogP contribution in [0, 0.1) is 0 Å². The fraction of sp³-hybridized carbons (Fsp3) is 0.533. The van der Waals surface area contributed by atoms with Crippen molar-refractivity contribution >= 4 is 6.08 Å². The smallest absolute Gasteiger partial charge is 0.192 e. The Balaban J connectivity index is 3.69. The highest BCUT2D eigenvalue weighted by Crippen LogP contribution is 2.63. The van der Waals surface area contributed by atoms with E-state index in [1.54, 1.807) is 0 Å². The van der Waals surface area contributed by atoms with Crippen molar-refractivity contribution in [1.29, 1.82) is 0 Å². The van der Waals surface area contributed by atoms with Gasteiger partial charge in [0, 0.05) is 12.1 Å². The molecule has 190 valence electrons. The van der Waals surface area contributed by atoms with Crippen LogP contribution in [0.25, 0.3) is 6.08 Å². The minimum absolute atomic E-state index is 0.164. The third-order valence-corrected chi connectivity index (χ3v) is 4.12. The van der Waals surface area contributed by atoms with Crippen LogP contribution in [0.15, 0.2) is 31.1 Å². The molecule has 0 radical (unpaired) electrons. The summed E-state index contributed by atoms with van der Waals surface area (Å²) in [5.74, 6) is -50.0. The number of hydrogen-bond donors (Lipinski definition) is 0. The van der Waals surface area contributed by atoms with E-state index < -0.39 is 52.3 Å². The molecule has 1 heterocycles. The molecule has 33 heavy (non-hydrogen) atoms. The van der Waals surface area contributed by atoms with Gasteiger partial charge < -0.3 is 0 Å². The van der Waals surface area contributed by atoms with Gasteiger partial charge in [-0.2, -0.15) is 65.9 Å². The highest BCUT2D eigenvalue weighted by Gasteiger charge is 2.96. The number of alkyl halides is 17. The fourth-order valence-electron chi connectivity index (χ4n) is 2.08. The van der Waals surface area contributed by atoms with Gasteiger partial charge in [0.25, 0.3) is 0 Å². The van der Waals surface area contributed by atoms with E-state index in [1.165, 1.54) is 0 Å². The molecule has 0 saturated carbocycles. The first kappa shape index (κ1) is 28.7. The van der Waals surface area contributed by atoms with Crippen molar-refractivity contribution in [3.63, 3.8) is 0 Å². The fourth-order valence-corrected chi connectivity index (χ4v) is 2.08. The maximum absolute atomic E-state index is 13.9. The third-order valence-electron chi connectivity index (χ3n) is 4.12. The van der Waals surface area contributed by atoms with Crippen LogP contribution in [-0.4, -0.2) is 41.7 Å². The lowest BCUT2D eigenvalue weighted by atomic mass is 9.90. The van der Waals surface area contributed by atoms with E-state index in [1.807, 2.05) is 0 Å². The lowest BCUT2D eigenvalue weighted by Gasteiger charge is -2.41. The monoisotopic (exact) mass is 524 g/mol. The predicted octanol–water partition coefficient (Wildman–Crippen LogP) is 6.54. The number of pyridine rings is 1. The van der Waals surface area contributed by atoms with Crippen molar-refractivity contribution in [2.24, 2.45) is 0 Å². The number of nitrogens with zero attached hydrogens (tertiary/aromatic N) is 1. The highest BCUT2D eigenvalue weighted by molar-refractivity contribution is 5.44. The molecule has 0 aliphatic carbocycles. The summed E-state index contributed by atoms with van der Waals surface area (Å²) in [4.78, 5) is 0. The molecule has 0 N–H and O–H groups in total. The van der Waals surface area contributed by atoms with E-state index in [0.29, 0.717) is 12.1 Å². The molecule has 1 aromatic rings. The average molecular weight is 524 g/mol. The van der Waals surface area contributed by atoms with Gasteiger partial charge >= 0.3 is 47.8 Å². The van der Waals surface area contributed by atoms with Crippen LogP contribution in [0.3, 0.4) is 0 Å².